The smallest absolute Gasteiger partial charge is 0.137 e. The molecule has 1 aromatic carbocycles. The lowest BCUT2D eigenvalue weighted by atomic mass is 10.0. The highest BCUT2D eigenvalue weighted by molar-refractivity contribution is 5.63. The number of aromatic nitrogens is 2. The molecule has 3 nitrogen and oxygen atoms in total. The Bertz CT molecular complexity index is 726. The number of hydrogen-bond acceptors (Lipinski definition) is 2. The molecule has 0 aliphatic carbocycles. The summed E-state index contributed by atoms with van der Waals surface area (Å²) in [5, 5.41) is 9.17. The molecule has 3 rings (SSSR count). The zero-order valence-corrected chi connectivity index (χ0v) is 11.7. The molecule has 0 fully saturated rings. The third-order valence-electron chi connectivity index (χ3n) is 3.58. The molecule has 3 heteroatoms. The molecule has 0 aliphatic rings. The number of pyridine rings is 1. The molecule has 20 heavy (non-hydrogen) atoms. The van der Waals surface area contributed by atoms with Crippen molar-refractivity contribution in [3.05, 3.63) is 59.9 Å². The minimum atomic E-state index is 0.0434. The summed E-state index contributed by atoms with van der Waals surface area (Å²) in [6.45, 7) is 4.43. The zero-order valence-electron chi connectivity index (χ0n) is 11.7. The van der Waals surface area contributed by atoms with Crippen LogP contribution in [0.25, 0.3) is 16.9 Å². The molecule has 0 saturated heterocycles. The van der Waals surface area contributed by atoms with Crippen LogP contribution in [0.15, 0.2) is 48.8 Å². The Kier molecular flexibility index (Phi) is 3.28. The van der Waals surface area contributed by atoms with Gasteiger partial charge in [-0.1, -0.05) is 38.1 Å². The molecule has 102 valence electrons. The third kappa shape index (κ3) is 2.32. The predicted molar refractivity (Wildman–Crippen MR) is 80.6 cm³/mol. The molecule has 0 spiro atoms. The van der Waals surface area contributed by atoms with Crippen molar-refractivity contribution in [2.75, 3.05) is 0 Å². The summed E-state index contributed by atoms with van der Waals surface area (Å²) in [5.41, 5.74) is 5.14. The zero-order chi connectivity index (χ0) is 14.1. The normalized spacial score (nSPS) is 11.4. The molecule has 2 heterocycles. The van der Waals surface area contributed by atoms with Crippen LogP contribution >= 0.6 is 0 Å². The van der Waals surface area contributed by atoms with E-state index in [0.29, 0.717) is 5.92 Å². The maximum atomic E-state index is 9.17. The molecule has 0 unspecified atom stereocenters. The van der Waals surface area contributed by atoms with E-state index in [2.05, 4.69) is 43.1 Å². The summed E-state index contributed by atoms with van der Waals surface area (Å²) in [6.07, 6.45) is 3.95. The van der Waals surface area contributed by atoms with Gasteiger partial charge in [0.2, 0.25) is 0 Å². The lowest BCUT2D eigenvalue weighted by molar-refractivity contribution is 0.282. The van der Waals surface area contributed by atoms with Gasteiger partial charge in [-0.15, -0.1) is 0 Å². The minimum Gasteiger partial charge on any atom is -0.392 e. The van der Waals surface area contributed by atoms with Crippen molar-refractivity contribution >= 4 is 5.65 Å². The van der Waals surface area contributed by atoms with Crippen molar-refractivity contribution in [2.24, 2.45) is 0 Å². The largest absolute Gasteiger partial charge is 0.392 e. The summed E-state index contributed by atoms with van der Waals surface area (Å²) < 4.78 is 1.98. The summed E-state index contributed by atoms with van der Waals surface area (Å²) in [5.74, 6) is 0.539. The Hall–Kier alpha value is -2.13. The maximum absolute atomic E-state index is 9.17. The Balaban J connectivity index is 2.01. The SMILES string of the molecule is CC(C)c1ccc(-c2cn3ccc(CO)cc3n2)cc1. The van der Waals surface area contributed by atoms with Gasteiger partial charge in [-0.05, 0) is 29.2 Å². The fourth-order valence-corrected chi connectivity index (χ4v) is 2.30. The lowest BCUT2D eigenvalue weighted by Crippen LogP contribution is -1.87. The molecule has 3 aromatic rings. The van der Waals surface area contributed by atoms with Gasteiger partial charge in [-0.3, -0.25) is 0 Å². The molecule has 0 bridgehead atoms. The van der Waals surface area contributed by atoms with E-state index in [1.54, 1.807) is 0 Å². The average Bonchev–Trinajstić information content (AvgIpc) is 2.90. The molecule has 0 atom stereocenters. The Morgan fingerprint density at radius 3 is 2.55 bits per heavy atom. The monoisotopic (exact) mass is 266 g/mol. The third-order valence-corrected chi connectivity index (χ3v) is 3.58. The van der Waals surface area contributed by atoms with Gasteiger partial charge in [0.25, 0.3) is 0 Å². The van der Waals surface area contributed by atoms with Crippen LogP contribution in [0.4, 0.5) is 0 Å². The first-order chi connectivity index (χ1) is 9.67. The molecule has 0 aliphatic heterocycles. The van der Waals surface area contributed by atoms with Crippen LogP contribution in [-0.4, -0.2) is 14.5 Å². The molecular weight excluding hydrogens is 248 g/mol. The van der Waals surface area contributed by atoms with Gasteiger partial charge in [0, 0.05) is 18.0 Å². The summed E-state index contributed by atoms with van der Waals surface area (Å²) in [6, 6.07) is 12.4. The number of fused-ring (bicyclic) bond motifs is 1. The minimum absolute atomic E-state index is 0.0434. The van der Waals surface area contributed by atoms with Crippen molar-refractivity contribution in [1.29, 1.82) is 0 Å². The van der Waals surface area contributed by atoms with Crippen LogP contribution in [0.5, 0.6) is 0 Å². The number of hydrogen-bond donors (Lipinski definition) is 1. The van der Waals surface area contributed by atoms with Crippen LogP contribution in [0.3, 0.4) is 0 Å². The first-order valence-electron chi connectivity index (χ1n) is 6.86. The number of rotatable bonds is 3. The highest BCUT2D eigenvalue weighted by atomic mass is 16.3. The average molecular weight is 266 g/mol. The van der Waals surface area contributed by atoms with Crippen LogP contribution in [0.2, 0.25) is 0 Å². The molecule has 0 saturated carbocycles. The van der Waals surface area contributed by atoms with E-state index in [9.17, 15) is 0 Å². The van der Waals surface area contributed by atoms with E-state index in [1.165, 1.54) is 5.56 Å². The van der Waals surface area contributed by atoms with E-state index in [1.807, 2.05) is 28.9 Å². The second-order valence-corrected chi connectivity index (χ2v) is 5.36. The van der Waals surface area contributed by atoms with E-state index in [-0.39, 0.29) is 6.61 Å². The van der Waals surface area contributed by atoms with Crippen LogP contribution < -0.4 is 0 Å². The van der Waals surface area contributed by atoms with E-state index in [4.69, 9.17) is 5.11 Å². The van der Waals surface area contributed by atoms with Gasteiger partial charge in [0.1, 0.15) is 5.65 Å². The summed E-state index contributed by atoms with van der Waals surface area (Å²) >= 11 is 0. The van der Waals surface area contributed by atoms with Crippen LogP contribution in [-0.2, 0) is 6.61 Å². The van der Waals surface area contributed by atoms with E-state index < -0.39 is 0 Å². The van der Waals surface area contributed by atoms with Gasteiger partial charge in [-0.2, -0.15) is 0 Å². The number of nitrogens with zero attached hydrogens (tertiary/aromatic N) is 2. The maximum Gasteiger partial charge on any atom is 0.137 e. The van der Waals surface area contributed by atoms with Crippen LogP contribution in [0, 0.1) is 0 Å². The van der Waals surface area contributed by atoms with Crippen molar-refractivity contribution in [2.45, 2.75) is 26.4 Å². The van der Waals surface area contributed by atoms with Gasteiger partial charge in [0.05, 0.1) is 12.3 Å². The highest BCUT2D eigenvalue weighted by Gasteiger charge is 2.06. The van der Waals surface area contributed by atoms with Gasteiger partial charge in [-0.25, -0.2) is 4.98 Å². The van der Waals surface area contributed by atoms with Gasteiger partial charge in [0.15, 0.2) is 0 Å². The molecule has 2 aromatic heterocycles. The van der Waals surface area contributed by atoms with Crippen molar-refractivity contribution in [1.82, 2.24) is 9.38 Å². The summed E-state index contributed by atoms with van der Waals surface area (Å²) in [4.78, 5) is 4.62. The predicted octanol–water partition coefficient (Wildman–Crippen LogP) is 3.62. The van der Waals surface area contributed by atoms with Crippen molar-refractivity contribution in [3.8, 4) is 11.3 Å². The van der Waals surface area contributed by atoms with E-state index in [0.717, 1.165) is 22.5 Å². The van der Waals surface area contributed by atoms with Gasteiger partial charge >= 0.3 is 0 Å². The first kappa shape index (κ1) is 12.9. The standard InChI is InChI=1S/C17H18N2O/c1-12(2)14-3-5-15(6-4-14)16-10-19-8-7-13(11-20)9-17(19)18-16/h3-10,12,20H,11H2,1-2H3. The Morgan fingerprint density at radius 1 is 1.15 bits per heavy atom. The van der Waals surface area contributed by atoms with E-state index >= 15 is 0 Å². The number of benzene rings is 1. The Labute approximate surface area is 118 Å². The fourth-order valence-electron chi connectivity index (χ4n) is 2.30. The molecule has 0 amide bonds. The first-order valence-corrected chi connectivity index (χ1v) is 6.86. The van der Waals surface area contributed by atoms with Crippen LogP contribution in [0.1, 0.15) is 30.9 Å². The highest BCUT2D eigenvalue weighted by Crippen LogP contribution is 2.22. The lowest BCUT2D eigenvalue weighted by Gasteiger charge is -2.05. The fraction of sp³-hybridized carbons (Fsp3) is 0.235. The second-order valence-electron chi connectivity index (χ2n) is 5.36. The quantitative estimate of drug-likeness (QED) is 0.786. The second kappa shape index (κ2) is 5.10. The number of aliphatic hydroxyl groups is 1. The summed E-state index contributed by atoms with van der Waals surface area (Å²) in [7, 11) is 0. The molecule has 1 N–H and O–H groups in total. The van der Waals surface area contributed by atoms with Gasteiger partial charge < -0.3 is 9.51 Å². The van der Waals surface area contributed by atoms with Crippen molar-refractivity contribution < 1.29 is 5.11 Å². The molecular formula is C17H18N2O. The number of imidazole rings is 1. The topological polar surface area (TPSA) is 37.5 Å². The molecule has 0 radical (unpaired) electrons. The number of aliphatic hydroxyl groups excluding tert-OH is 1. The van der Waals surface area contributed by atoms with Crippen molar-refractivity contribution in [3.63, 3.8) is 0 Å². The Morgan fingerprint density at radius 2 is 1.90 bits per heavy atom.